The fraction of sp³-hybridized carbons (Fsp3) is 0.467. The summed E-state index contributed by atoms with van der Waals surface area (Å²) in [6.45, 7) is 14.2. The standard InChI is InChI=1S/C60H72F4N6O4/c1-57(2,3)51(69(33-35-73-39-41-13-9-7-10-14-41)55(71)47-25-29-59(61,62)30-26-47)53-65-37-49(67-53)45-21-17-43(18-22-45)44-19-23-46(24-20-44)50-38-66-54(68-50)52(58(4,5)6)70(34-36-74-40-42-15-11-8-12-16-42)56(72)48-27-31-60(63,64)32-28-48/h7-24,37-38,47-48,51-52H,25-36,39-40H2,1-6H3,(H,65,67)(H,66,68). The van der Waals surface area contributed by atoms with Crippen molar-refractivity contribution in [1.82, 2.24) is 29.7 Å². The van der Waals surface area contributed by atoms with Crippen molar-refractivity contribution in [1.29, 1.82) is 0 Å². The molecule has 4 aromatic carbocycles. The van der Waals surface area contributed by atoms with E-state index in [1.807, 2.05) is 84.9 Å². The number of amides is 2. The number of aromatic amines is 2. The highest BCUT2D eigenvalue weighted by molar-refractivity contribution is 5.80. The largest absolute Gasteiger partial charge is 0.375 e. The highest BCUT2D eigenvalue weighted by Crippen LogP contribution is 2.44. The van der Waals surface area contributed by atoms with E-state index in [-0.39, 0.29) is 89.5 Å². The number of benzene rings is 4. The molecule has 0 saturated heterocycles. The van der Waals surface area contributed by atoms with Crippen molar-refractivity contribution in [2.45, 2.75) is 130 Å². The summed E-state index contributed by atoms with van der Waals surface area (Å²) in [5.74, 6) is -5.59. The molecule has 0 aliphatic heterocycles. The fourth-order valence-electron chi connectivity index (χ4n) is 10.6. The molecule has 2 atom stereocenters. The first-order valence-electron chi connectivity index (χ1n) is 26.2. The van der Waals surface area contributed by atoms with Crippen molar-refractivity contribution in [2.75, 3.05) is 26.3 Å². The number of halogens is 4. The van der Waals surface area contributed by atoms with Crippen molar-refractivity contribution in [2.24, 2.45) is 22.7 Å². The summed E-state index contributed by atoms with van der Waals surface area (Å²) in [5.41, 5.74) is 6.48. The van der Waals surface area contributed by atoms with Crippen LogP contribution in [0.4, 0.5) is 17.6 Å². The number of hydrogen-bond acceptors (Lipinski definition) is 6. The predicted molar refractivity (Wildman–Crippen MR) is 281 cm³/mol. The zero-order valence-electron chi connectivity index (χ0n) is 43.7. The molecule has 2 unspecified atom stereocenters. The number of nitrogens with one attached hydrogen (secondary N) is 2. The Balaban J connectivity index is 0.969. The first kappa shape index (κ1) is 54.2. The zero-order valence-corrected chi connectivity index (χ0v) is 43.7. The number of carbonyl (C=O) groups excluding carboxylic acids is 2. The summed E-state index contributed by atoms with van der Waals surface area (Å²) >= 11 is 0. The quantitative estimate of drug-likeness (QED) is 0.0617. The summed E-state index contributed by atoms with van der Waals surface area (Å²) in [6.07, 6.45) is 2.90. The number of imidazole rings is 2. The van der Waals surface area contributed by atoms with Gasteiger partial charge in [-0.05, 0) is 69.9 Å². The second kappa shape index (κ2) is 23.2. The molecule has 74 heavy (non-hydrogen) atoms. The van der Waals surface area contributed by atoms with Crippen LogP contribution in [-0.4, -0.2) is 79.7 Å². The maximum atomic E-state index is 14.4. The number of nitrogens with zero attached hydrogens (tertiary/aromatic N) is 4. The molecule has 2 N–H and O–H groups in total. The van der Waals surface area contributed by atoms with Crippen LogP contribution in [-0.2, 0) is 32.3 Å². The molecule has 0 spiro atoms. The Morgan fingerprint density at radius 2 is 0.865 bits per heavy atom. The van der Waals surface area contributed by atoms with Crippen LogP contribution in [0.1, 0.15) is 128 Å². The number of H-pyrrole nitrogens is 2. The average molecular weight is 1020 g/mol. The summed E-state index contributed by atoms with van der Waals surface area (Å²) in [4.78, 5) is 49.1. The molecule has 0 radical (unpaired) electrons. The van der Waals surface area contributed by atoms with E-state index < -0.39 is 46.6 Å². The number of alkyl halides is 4. The molecule has 14 heteroatoms. The minimum Gasteiger partial charge on any atom is -0.375 e. The van der Waals surface area contributed by atoms with Crippen LogP contribution in [0.2, 0.25) is 0 Å². The first-order chi connectivity index (χ1) is 35.2. The van der Waals surface area contributed by atoms with E-state index in [4.69, 9.17) is 19.4 Å². The Morgan fingerprint density at radius 1 is 0.541 bits per heavy atom. The molecule has 2 aliphatic rings. The molecule has 2 saturated carbocycles. The lowest BCUT2D eigenvalue weighted by Crippen LogP contribution is -2.47. The van der Waals surface area contributed by atoms with E-state index in [1.165, 1.54) is 0 Å². The van der Waals surface area contributed by atoms with E-state index in [1.54, 1.807) is 22.2 Å². The Bertz CT molecular complexity index is 2540. The van der Waals surface area contributed by atoms with E-state index in [0.29, 0.717) is 24.9 Å². The highest BCUT2D eigenvalue weighted by atomic mass is 19.3. The van der Waals surface area contributed by atoms with Gasteiger partial charge in [0.05, 0.1) is 62.3 Å². The van der Waals surface area contributed by atoms with Gasteiger partial charge in [0, 0.05) is 50.6 Å². The van der Waals surface area contributed by atoms with Crippen LogP contribution >= 0.6 is 0 Å². The van der Waals surface area contributed by atoms with Gasteiger partial charge in [0.2, 0.25) is 23.7 Å². The van der Waals surface area contributed by atoms with E-state index in [2.05, 4.69) is 75.8 Å². The van der Waals surface area contributed by atoms with Gasteiger partial charge in [0.1, 0.15) is 11.6 Å². The Kier molecular flexibility index (Phi) is 17.0. The molecule has 2 amide bonds. The van der Waals surface area contributed by atoms with Crippen molar-refractivity contribution in [3.05, 3.63) is 144 Å². The zero-order chi connectivity index (χ0) is 52.7. The van der Waals surface area contributed by atoms with Gasteiger partial charge in [-0.3, -0.25) is 9.59 Å². The van der Waals surface area contributed by atoms with Crippen LogP contribution in [0.15, 0.2) is 122 Å². The van der Waals surface area contributed by atoms with E-state index in [9.17, 15) is 27.2 Å². The molecular formula is C60H72F4N6O4. The third-order valence-corrected chi connectivity index (χ3v) is 14.6. The lowest BCUT2D eigenvalue weighted by molar-refractivity contribution is -0.147. The third-order valence-electron chi connectivity index (χ3n) is 14.6. The summed E-state index contributed by atoms with van der Waals surface area (Å²) in [6, 6.07) is 35.0. The van der Waals surface area contributed by atoms with Crippen LogP contribution in [0.25, 0.3) is 33.6 Å². The smallest absolute Gasteiger partial charge is 0.248 e. The number of rotatable bonds is 19. The van der Waals surface area contributed by atoms with E-state index >= 15 is 0 Å². The van der Waals surface area contributed by atoms with Crippen molar-refractivity contribution in [3.8, 4) is 33.6 Å². The fourth-order valence-corrected chi connectivity index (χ4v) is 10.6. The van der Waals surface area contributed by atoms with Gasteiger partial charge in [-0.15, -0.1) is 0 Å². The second-order valence-electron chi connectivity index (χ2n) is 22.5. The van der Waals surface area contributed by atoms with E-state index in [0.717, 1.165) is 44.8 Å². The maximum absolute atomic E-state index is 14.4. The summed E-state index contributed by atoms with van der Waals surface area (Å²) in [5, 5.41) is 0. The number of hydrogen-bond donors (Lipinski definition) is 2. The first-order valence-corrected chi connectivity index (χ1v) is 26.2. The van der Waals surface area contributed by atoms with Crippen LogP contribution < -0.4 is 0 Å². The van der Waals surface area contributed by atoms with Crippen molar-refractivity contribution >= 4 is 11.8 Å². The molecule has 2 aliphatic carbocycles. The Hall–Kier alpha value is -6.12. The maximum Gasteiger partial charge on any atom is 0.248 e. The predicted octanol–water partition coefficient (Wildman–Crippen LogP) is 14.0. The van der Waals surface area contributed by atoms with Gasteiger partial charge >= 0.3 is 0 Å². The topological polar surface area (TPSA) is 116 Å². The second-order valence-corrected chi connectivity index (χ2v) is 22.5. The van der Waals surface area contributed by atoms with Gasteiger partial charge in [0.15, 0.2) is 0 Å². The van der Waals surface area contributed by atoms with Crippen LogP contribution in [0.5, 0.6) is 0 Å². The van der Waals surface area contributed by atoms with Crippen LogP contribution in [0, 0.1) is 22.7 Å². The summed E-state index contributed by atoms with van der Waals surface area (Å²) < 4.78 is 69.2. The lowest BCUT2D eigenvalue weighted by Gasteiger charge is -2.41. The van der Waals surface area contributed by atoms with Crippen LogP contribution in [0.3, 0.4) is 0 Å². The monoisotopic (exact) mass is 1020 g/mol. The molecule has 394 valence electrons. The lowest BCUT2D eigenvalue weighted by atomic mass is 9.82. The molecule has 2 aromatic heterocycles. The number of aromatic nitrogens is 4. The Morgan fingerprint density at radius 3 is 1.19 bits per heavy atom. The highest BCUT2D eigenvalue weighted by Gasteiger charge is 2.45. The molecule has 6 aromatic rings. The van der Waals surface area contributed by atoms with Crippen molar-refractivity contribution < 1.29 is 36.6 Å². The molecule has 2 heterocycles. The number of carbonyl (C=O) groups is 2. The molecule has 10 nitrogen and oxygen atoms in total. The summed E-state index contributed by atoms with van der Waals surface area (Å²) in [7, 11) is 0. The minimum atomic E-state index is -2.75. The minimum absolute atomic E-state index is 0.135. The molecule has 0 bridgehead atoms. The van der Waals surface area contributed by atoms with Crippen molar-refractivity contribution in [3.63, 3.8) is 0 Å². The van der Waals surface area contributed by atoms with Gasteiger partial charge in [0.25, 0.3) is 0 Å². The normalized spacial score (nSPS) is 17.2. The average Bonchev–Trinajstić information content (AvgIpc) is 4.06. The number of ether oxygens (including phenoxy) is 2. The molecule has 8 rings (SSSR count). The molecule has 2 fully saturated rings. The van der Waals surface area contributed by atoms with Gasteiger partial charge in [-0.1, -0.05) is 151 Å². The van der Waals surface area contributed by atoms with Gasteiger partial charge in [-0.25, -0.2) is 27.5 Å². The van der Waals surface area contributed by atoms with Gasteiger partial charge < -0.3 is 29.2 Å². The molecular weight excluding hydrogens is 945 g/mol. The third kappa shape index (κ3) is 13.8. The van der Waals surface area contributed by atoms with Gasteiger partial charge in [-0.2, -0.15) is 0 Å². The SMILES string of the molecule is CC(C)(C)C(c1ncc(-c2ccc(-c3ccc(-c4cnc(C(N(CCOCc5ccccc5)C(=O)C5CCC(F)(F)CC5)C(C)(C)C)[nH]4)cc3)cc2)[nH]1)N(CCOCc1ccccc1)C(=O)C1CCC(F)(F)CC1. The Labute approximate surface area is 433 Å².